The summed E-state index contributed by atoms with van der Waals surface area (Å²) in [5.74, 6) is -1.22. The largest absolute Gasteiger partial charge is 0.495 e. The highest BCUT2D eigenvalue weighted by Crippen LogP contribution is 2.28. The van der Waals surface area contributed by atoms with Crippen molar-refractivity contribution < 1.29 is 27.5 Å². The number of nitrogens with zero attached hydrogens (tertiary/aromatic N) is 2. The number of sulfonamides is 1. The normalized spacial score (nSPS) is 10.9. The van der Waals surface area contributed by atoms with Crippen LogP contribution >= 0.6 is 0 Å². The quantitative estimate of drug-likeness (QED) is 0.678. The average molecular weight is 417 g/mol. The Hall–Kier alpha value is -3.42. The third-order valence-corrected chi connectivity index (χ3v) is 5.60. The van der Waals surface area contributed by atoms with Crippen LogP contribution in [0.25, 0.3) is 0 Å². The molecule has 1 amide bonds. The number of methoxy groups -OCH3 is 1. The van der Waals surface area contributed by atoms with Gasteiger partial charge in [0.1, 0.15) is 5.75 Å². The molecule has 0 radical (unpaired) electrons. The minimum Gasteiger partial charge on any atom is -0.495 e. The molecule has 0 aliphatic carbocycles. The summed E-state index contributed by atoms with van der Waals surface area (Å²) in [5.41, 5.74) is 0.531. The molecule has 0 aromatic heterocycles. The van der Waals surface area contributed by atoms with Crippen LogP contribution in [0, 0.1) is 11.3 Å². The number of benzene rings is 2. The third-order valence-electron chi connectivity index (χ3n) is 3.79. The van der Waals surface area contributed by atoms with E-state index >= 15 is 0 Å². The van der Waals surface area contributed by atoms with E-state index in [0.717, 1.165) is 4.31 Å². The van der Waals surface area contributed by atoms with E-state index in [9.17, 15) is 18.0 Å². The molecule has 10 heteroatoms. The second-order valence-corrected chi connectivity index (χ2v) is 8.12. The summed E-state index contributed by atoms with van der Waals surface area (Å²) in [5, 5.41) is 11.3. The molecule has 2 aromatic rings. The van der Waals surface area contributed by atoms with Crippen LogP contribution in [0.2, 0.25) is 0 Å². The zero-order valence-corrected chi connectivity index (χ0v) is 16.8. The van der Waals surface area contributed by atoms with Crippen LogP contribution in [0.4, 0.5) is 5.69 Å². The van der Waals surface area contributed by atoms with Gasteiger partial charge in [0.05, 0.1) is 34.9 Å². The predicted octanol–water partition coefficient (Wildman–Crippen LogP) is 1.61. The van der Waals surface area contributed by atoms with Gasteiger partial charge in [-0.05, 0) is 36.4 Å². The van der Waals surface area contributed by atoms with Gasteiger partial charge in [0.15, 0.2) is 6.61 Å². The Morgan fingerprint density at radius 3 is 2.52 bits per heavy atom. The number of ether oxygens (including phenoxy) is 2. The molecule has 2 rings (SSSR count). The van der Waals surface area contributed by atoms with Gasteiger partial charge >= 0.3 is 5.97 Å². The van der Waals surface area contributed by atoms with Gasteiger partial charge in [0.2, 0.25) is 10.0 Å². The van der Waals surface area contributed by atoms with Gasteiger partial charge in [-0.2, -0.15) is 5.26 Å². The maximum absolute atomic E-state index is 12.3. The molecule has 0 atom stereocenters. The van der Waals surface area contributed by atoms with Gasteiger partial charge in [0.25, 0.3) is 5.91 Å². The number of nitriles is 1. The molecular weight excluding hydrogens is 398 g/mol. The van der Waals surface area contributed by atoms with Crippen molar-refractivity contribution in [3.05, 3.63) is 53.6 Å². The highest BCUT2D eigenvalue weighted by molar-refractivity contribution is 7.89. The number of carbonyl (C=O) groups excluding carboxylic acids is 2. The fourth-order valence-corrected chi connectivity index (χ4v) is 3.20. The molecule has 152 valence electrons. The Morgan fingerprint density at radius 1 is 1.17 bits per heavy atom. The summed E-state index contributed by atoms with van der Waals surface area (Å²) in [6.07, 6.45) is 0. The van der Waals surface area contributed by atoms with Gasteiger partial charge in [-0.3, -0.25) is 4.79 Å². The Bertz CT molecular complexity index is 1070. The van der Waals surface area contributed by atoms with Crippen LogP contribution in [-0.4, -0.2) is 52.4 Å². The van der Waals surface area contributed by atoms with Crippen molar-refractivity contribution in [3.63, 3.8) is 0 Å². The average Bonchev–Trinajstić information content (AvgIpc) is 2.71. The maximum Gasteiger partial charge on any atom is 0.338 e. The topological polar surface area (TPSA) is 126 Å². The fraction of sp³-hybridized carbons (Fsp3) is 0.211. The third kappa shape index (κ3) is 5.31. The fourth-order valence-electron chi connectivity index (χ4n) is 2.27. The standard InChI is InChI=1S/C19H19N3O6S/c1-22(2)29(25,26)15-7-8-17(27-3)16(10-15)21-18(23)12-28-19(24)14-6-4-5-13(9-14)11-20/h4-10H,12H2,1-3H3,(H,21,23). The Labute approximate surface area is 168 Å². The monoisotopic (exact) mass is 417 g/mol. The number of rotatable bonds is 7. The number of hydrogen-bond acceptors (Lipinski definition) is 7. The summed E-state index contributed by atoms with van der Waals surface area (Å²) in [6, 6.07) is 11.8. The molecule has 0 aliphatic heterocycles. The smallest absolute Gasteiger partial charge is 0.338 e. The molecule has 0 heterocycles. The summed E-state index contributed by atoms with van der Waals surface area (Å²) < 4.78 is 35.7. The minimum atomic E-state index is -3.71. The van der Waals surface area contributed by atoms with Crippen LogP contribution < -0.4 is 10.1 Å². The lowest BCUT2D eigenvalue weighted by molar-refractivity contribution is -0.119. The minimum absolute atomic E-state index is 0.0380. The van der Waals surface area contributed by atoms with Crippen LogP contribution in [0.1, 0.15) is 15.9 Å². The van der Waals surface area contributed by atoms with Gasteiger partial charge in [-0.25, -0.2) is 17.5 Å². The first kappa shape index (κ1) is 21.9. The van der Waals surface area contributed by atoms with Crippen LogP contribution in [0.3, 0.4) is 0 Å². The van der Waals surface area contributed by atoms with E-state index in [2.05, 4.69) is 5.32 Å². The van der Waals surface area contributed by atoms with E-state index in [-0.39, 0.29) is 27.5 Å². The highest BCUT2D eigenvalue weighted by atomic mass is 32.2. The predicted molar refractivity (Wildman–Crippen MR) is 104 cm³/mol. The summed E-state index contributed by atoms with van der Waals surface area (Å²) in [7, 11) is 0.430. The Kier molecular flexibility index (Phi) is 6.93. The second-order valence-electron chi connectivity index (χ2n) is 5.97. The molecule has 9 nitrogen and oxygen atoms in total. The number of anilines is 1. The molecule has 0 saturated heterocycles. The molecule has 0 aliphatic rings. The van der Waals surface area contributed by atoms with Crippen molar-refractivity contribution in [1.82, 2.24) is 4.31 Å². The lowest BCUT2D eigenvalue weighted by atomic mass is 10.1. The highest BCUT2D eigenvalue weighted by Gasteiger charge is 2.20. The number of amides is 1. The van der Waals surface area contributed by atoms with E-state index in [1.54, 1.807) is 0 Å². The number of nitrogens with one attached hydrogen (secondary N) is 1. The summed E-state index contributed by atoms with van der Waals surface area (Å²) in [6.45, 7) is -0.608. The first-order chi connectivity index (χ1) is 13.7. The van der Waals surface area contributed by atoms with Crippen molar-refractivity contribution in [1.29, 1.82) is 5.26 Å². The molecule has 0 fully saturated rings. The molecule has 0 spiro atoms. The summed E-state index contributed by atoms with van der Waals surface area (Å²) >= 11 is 0. The molecular formula is C19H19N3O6S. The van der Waals surface area contributed by atoms with E-state index < -0.39 is 28.5 Å². The molecule has 0 bridgehead atoms. The SMILES string of the molecule is COc1ccc(S(=O)(=O)N(C)C)cc1NC(=O)COC(=O)c1cccc(C#N)c1. The number of carbonyl (C=O) groups is 2. The van der Waals surface area contributed by atoms with Gasteiger partial charge in [-0.15, -0.1) is 0 Å². The zero-order valence-electron chi connectivity index (χ0n) is 16.0. The number of esters is 1. The van der Waals surface area contributed by atoms with Crippen molar-refractivity contribution in [2.45, 2.75) is 4.90 Å². The molecule has 0 unspecified atom stereocenters. The Balaban J connectivity index is 2.11. The van der Waals surface area contributed by atoms with E-state index in [4.69, 9.17) is 14.7 Å². The zero-order chi connectivity index (χ0) is 21.6. The lowest BCUT2D eigenvalue weighted by Crippen LogP contribution is -2.23. The van der Waals surface area contributed by atoms with Gasteiger partial charge in [-0.1, -0.05) is 6.07 Å². The first-order valence-corrected chi connectivity index (χ1v) is 9.70. The van der Waals surface area contributed by atoms with E-state index in [1.165, 1.54) is 63.7 Å². The Morgan fingerprint density at radius 2 is 1.90 bits per heavy atom. The van der Waals surface area contributed by atoms with E-state index in [1.807, 2.05) is 6.07 Å². The molecule has 0 saturated carbocycles. The number of hydrogen-bond donors (Lipinski definition) is 1. The molecule has 29 heavy (non-hydrogen) atoms. The molecule has 2 aromatic carbocycles. The van der Waals surface area contributed by atoms with E-state index in [0.29, 0.717) is 0 Å². The summed E-state index contributed by atoms with van der Waals surface area (Å²) in [4.78, 5) is 24.2. The van der Waals surface area contributed by atoms with Crippen molar-refractivity contribution in [2.75, 3.05) is 33.1 Å². The van der Waals surface area contributed by atoms with Crippen molar-refractivity contribution >= 4 is 27.6 Å². The van der Waals surface area contributed by atoms with Crippen LogP contribution in [0.15, 0.2) is 47.4 Å². The first-order valence-electron chi connectivity index (χ1n) is 8.26. The maximum atomic E-state index is 12.3. The van der Waals surface area contributed by atoms with Crippen LogP contribution in [0.5, 0.6) is 5.75 Å². The van der Waals surface area contributed by atoms with Crippen molar-refractivity contribution in [2.24, 2.45) is 0 Å². The second kappa shape index (κ2) is 9.18. The van der Waals surface area contributed by atoms with Gasteiger partial charge < -0.3 is 14.8 Å². The van der Waals surface area contributed by atoms with Crippen LogP contribution in [-0.2, 0) is 19.6 Å². The van der Waals surface area contributed by atoms with Gasteiger partial charge in [0, 0.05) is 14.1 Å². The lowest BCUT2D eigenvalue weighted by Gasteiger charge is -2.15. The van der Waals surface area contributed by atoms with Crippen molar-refractivity contribution in [3.8, 4) is 11.8 Å². The molecule has 1 N–H and O–H groups in total.